The lowest BCUT2D eigenvalue weighted by atomic mass is 10.1. The zero-order valence-electron chi connectivity index (χ0n) is 16.7. The van der Waals surface area contributed by atoms with Crippen LogP contribution in [0.5, 0.6) is 11.5 Å². The average Bonchev–Trinajstić information content (AvgIpc) is 3.54. The van der Waals surface area contributed by atoms with Crippen molar-refractivity contribution in [2.75, 3.05) is 13.4 Å². The van der Waals surface area contributed by atoms with Crippen LogP contribution in [0.2, 0.25) is 0 Å². The molecule has 0 fully saturated rings. The number of ether oxygens (including phenoxy) is 3. The molecular formula is C22H19N4O5+. The maximum absolute atomic E-state index is 12.3. The predicted octanol–water partition coefficient (Wildman–Crippen LogP) is 2.62. The number of hydrogen-bond donors (Lipinski definition) is 0. The fourth-order valence-electron chi connectivity index (χ4n) is 3.20. The number of imidazole rings is 1. The zero-order chi connectivity index (χ0) is 21.2. The maximum Gasteiger partial charge on any atom is 0.338 e. The molecule has 0 spiro atoms. The highest BCUT2D eigenvalue weighted by molar-refractivity contribution is 5.89. The number of aromatic nitrogens is 4. The van der Waals surface area contributed by atoms with Gasteiger partial charge in [-0.25, -0.2) is 13.9 Å². The van der Waals surface area contributed by atoms with Crippen molar-refractivity contribution in [2.45, 2.75) is 6.54 Å². The molecular weight excluding hydrogens is 400 g/mol. The summed E-state index contributed by atoms with van der Waals surface area (Å²) in [7, 11) is 1.94. The number of aryl methyl sites for hydroxylation is 1. The Morgan fingerprint density at radius 3 is 2.74 bits per heavy atom. The van der Waals surface area contributed by atoms with Crippen molar-refractivity contribution in [3.63, 3.8) is 0 Å². The smallest absolute Gasteiger partial charge is 0.338 e. The molecule has 5 rings (SSSR count). The third kappa shape index (κ3) is 3.97. The Bertz CT molecular complexity index is 1230. The number of carbonyl (C=O) groups excluding carboxylic acids is 1. The fourth-order valence-corrected chi connectivity index (χ4v) is 3.20. The number of carbonyl (C=O) groups is 1. The van der Waals surface area contributed by atoms with Crippen LogP contribution in [-0.2, 0) is 18.3 Å². The van der Waals surface area contributed by atoms with E-state index in [1.807, 2.05) is 41.0 Å². The zero-order valence-corrected chi connectivity index (χ0v) is 16.7. The topological polar surface area (TPSA) is 92.5 Å². The van der Waals surface area contributed by atoms with Crippen molar-refractivity contribution in [2.24, 2.45) is 7.05 Å². The van der Waals surface area contributed by atoms with Crippen LogP contribution in [0.25, 0.3) is 22.8 Å². The van der Waals surface area contributed by atoms with Crippen LogP contribution >= 0.6 is 0 Å². The summed E-state index contributed by atoms with van der Waals surface area (Å²) in [4.78, 5) is 16.7. The molecule has 9 heteroatoms. The number of fused-ring (bicyclic) bond motifs is 1. The summed E-state index contributed by atoms with van der Waals surface area (Å²) in [5, 5.41) is 4.04. The van der Waals surface area contributed by atoms with E-state index in [0.29, 0.717) is 41.9 Å². The Kier molecular flexibility index (Phi) is 4.83. The van der Waals surface area contributed by atoms with Gasteiger partial charge in [0.05, 0.1) is 12.6 Å². The summed E-state index contributed by atoms with van der Waals surface area (Å²) in [5.74, 6) is 1.75. The summed E-state index contributed by atoms with van der Waals surface area (Å²) in [6, 6.07) is 12.3. The van der Waals surface area contributed by atoms with Crippen molar-refractivity contribution < 1.29 is 28.1 Å². The fraction of sp³-hybridized carbons (Fsp3) is 0.182. The van der Waals surface area contributed by atoms with Gasteiger partial charge in [-0.2, -0.15) is 4.98 Å². The third-order valence-corrected chi connectivity index (χ3v) is 4.83. The molecule has 0 radical (unpaired) electrons. The summed E-state index contributed by atoms with van der Waals surface area (Å²) < 4.78 is 25.3. The monoisotopic (exact) mass is 419 g/mol. The van der Waals surface area contributed by atoms with Crippen molar-refractivity contribution in [1.29, 1.82) is 0 Å². The standard InChI is InChI=1S/C22H19N4O5/c1-25-8-9-26(13-25)10-11-28-22(27)16-4-2-15(3-5-16)20-23-21(31-24-20)17-6-7-18-19(12-17)30-14-29-18/h2-9,12-13H,10-11,14H2,1H3/q+1. The van der Waals surface area contributed by atoms with Gasteiger partial charge in [-0.1, -0.05) is 17.3 Å². The highest BCUT2D eigenvalue weighted by atomic mass is 16.7. The molecule has 31 heavy (non-hydrogen) atoms. The van der Waals surface area contributed by atoms with Crippen LogP contribution in [0.3, 0.4) is 0 Å². The second-order valence-corrected chi connectivity index (χ2v) is 7.02. The van der Waals surface area contributed by atoms with Crippen LogP contribution in [-0.4, -0.2) is 34.1 Å². The van der Waals surface area contributed by atoms with E-state index in [-0.39, 0.29) is 12.8 Å². The minimum atomic E-state index is -0.378. The molecule has 0 saturated heterocycles. The molecule has 0 bridgehead atoms. The van der Waals surface area contributed by atoms with Crippen LogP contribution in [0, 0.1) is 0 Å². The molecule has 9 nitrogen and oxygen atoms in total. The van der Waals surface area contributed by atoms with Crippen LogP contribution in [0.1, 0.15) is 10.4 Å². The quantitative estimate of drug-likeness (QED) is 0.350. The number of hydrogen-bond acceptors (Lipinski definition) is 7. The molecule has 2 aromatic heterocycles. The number of rotatable bonds is 6. The minimum absolute atomic E-state index is 0.202. The predicted molar refractivity (Wildman–Crippen MR) is 107 cm³/mol. The van der Waals surface area contributed by atoms with Gasteiger partial charge in [-0.15, -0.1) is 0 Å². The second kappa shape index (κ2) is 7.94. The Balaban J connectivity index is 1.23. The highest BCUT2D eigenvalue weighted by Gasteiger charge is 2.17. The van der Waals surface area contributed by atoms with Gasteiger partial charge in [0.25, 0.3) is 5.89 Å². The van der Waals surface area contributed by atoms with Crippen LogP contribution < -0.4 is 14.0 Å². The minimum Gasteiger partial charge on any atom is -0.458 e. The summed E-state index contributed by atoms with van der Waals surface area (Å²) in [6.45, 7) is 1.09. The van der Waals surface area contributed by atoms with E-state index >= 15 is 0 Å². The Morgan fingerprint density at radius 2 is 1.94 bits per heavy atom. The lowest BCUT2D eigenvalue weighted by Gasteiger charge is -2.04. The summed E-state index contributed by atoms with van der Waals surface area (Å²) >= 11 is 0. The second-order valence-electron chi connectivity index (χ2n) is 7.02. The van der Waals surface area contributed by atoms with Gasteiger partial charge in [0.2, 0.25) is 18.9 Å². The first-order valence-corrected chi connectivity index (χ1v) is 9.68. The lowest BCUT2D eigenvalue weighted by Crippen LogP contribution is -2.24. The van der Waals surface area contributed by atoms with Crippen molar-refractivity contribution in [3.8, 4) is 34.3 Å². The first kappa shape index (κ1) is 18.9. The van der Waals surface area contributed by atoms with Crippen LogP contribution in [0.15, 0.2) is 65.7 Å². The molecule has 4 aromatic rings. The molecule has 156 valence electrons. The van der Waals surface area contributed by atoms with Gasteiger partial charge >= 0.3 is 5.97 Å². The van der Waals surface area contributed by atoms with E-state index in [9.17, 15) is 4.79 Å². The van der Waals surface area contributed by atoms with E-state index in [1.165, 1.54) is 0 Å². The molecule has 1 aliphatic heterocycles. The van der Waals surface area contributed by atoms with Crippen LogP contribution in [0.4, 0.5) is 0 Å². The van der Waals surface area contributed by atoms with Crippen molar-refractivity contribution >= 4 is 5.97 Å². The van der Waals surface area contributed by atoms with E-state index in [1.54, 1.807) is 36.4 Å². The van der Waals surface area contributed by atoms with Gasteiger partial charge in [0.1, 0.15) is 25.5 Å². The van der Waals surface area contributed by atoms with Crippen molar-refractivity contribution in [1.82, 2.24) is 14.7 Å². The van der Waals surface area contributed by atoms with Gasteiger partial charge in [-0.05, 0) is 30.3 Å². The average molecular weight is 419 g/mol. The molecule has 0 unspecified atom stereocenters. The van der Waals surface area contributed by atoms with E-state index in [2.05, 4.69) is 10.1 Å². The molecule has 0 aliphatic carbocycles. The van der Waals surface area contributed by atoms with Gasteiger partial charge in [0, 0.05) is 11.1 Å². The lowest BCUT2D eigenvalue weighted by molar-refractivity contribution is -0.671. The summed E-state index contributed by atoms with van der Waals surface area (Å²) in [6.07, 6.45) is 5.77. The highest BCUT2D eigenvalue weighted by Crippen LogP contribution is 2.35. The molecule has 0 amide bonds. The molecule has 0 saturated carbocycles. The van der Waals surface area contributed by atoms with E-state index in [0.717, 1.165) is 11.1 Å². The van der Waals surface area contributed by atoms with Gasteiger partial charge < -0.3 is 18.7 Å². The Labute approximate surface area is 177 Å². The number of nitrogens with zero attached hydrogens (tertiary/aromatic N) is 4. The number of benzene rings is 2. The first-order chi connectivity index (χ1) is 15.2. The van der Waals surface area contributed by atoms with E-state index in [4.69, 9.17) is 18.7 Å². The summed E-state index contributed by atoms with van der Waals surface area (Å²) in [5.41, 5.74) is 1.92. The van der Waals surface area contributed by atoms with Crippen molar-refractivity contribution in [3.05, 3.63) is 66.7 Å². The largest absolute Gasteiger partial charge is 0.458 e. The Hall–Kier alpha value is -4.14. The normalized spacial score (nSPS) is 12.2. The van der Waals surface area contributed by atoms with Gasteiger partial charge in [-0.3, -0.25) is 0 Å². The third-order valence-electron chi connectivity index (χ3n) is 4.83. The molecule has 1 aliphatic rings. The number of esters is 1. The molecule has 2 aromatic carbocycles. The van der Waals surface area contributed by atoms with Gasteiger partial charge in [0.15, 0.2) is 11.5 Å². The molecule has 0 atom stereocenters. The first-order valence-electron chi connectivity index (χ1n) is 9.68. The molecule has 3 heterocycles. The molecule has 0 N–H and O–H groups in total. The maximum atomic E-state index is 12.3. The SMILES string of the molecule is C[n+]1ccn(CCOC(=O)c2ccc(-c3noc(-c4ccc5c(c4)OCO5)n3)cc2)c1. The Morgan fingerprint density at radius 1 is 1.13 bits per heavy atom. The van der Waals surface area contributed by atoms with E-state index < -0.39 is 0 Å².